The smallest absolute Gasteiger partial charge is 0.422 e. The van der Waals surface area contributed by atoms with Crippen molar-refractivity contribution in [2.24, 2.45) is 5.73 Å². The summed E-state index contributed by atoms with van der Waals surface area (Å²) in [5.74, 6) is -1.67. The molecule has 0 fully saturated rings. The molecule has 0 bridgehead atoms. The third-order valence-corrected chi connectivity index (χ3v) is 2.25. The average Bonchev–Trinajstić information content (AvgIpc) is 2.44. The van der Waals surface area contributed by atoms with Gasteiger partial charge < -0.3 is 20.5 Å². The van der Waals surface area contributed by atoms with Crippen molar-refractivity contribution in [3.05, 3.63) is 23.8 Å². The summed E-state index contributed by atoms with van der Waals surface area (Å²) in [5, 5.41) is 2.27. The lowest BCUT2D eigenvalue weighted by Gasteiger charge is -2.14. The first-order valence-corrected chi connectivity index (χ1v) is 5.68. The molecule has 6 nitrogen and oxygen atoms in total. The second-order valence-corrected chi connectivity index (χ2v) is 3.86. The quantitative estimate of drug-likeness (QED) is 0.800. The molecule has 9 heteroatoms. The highest BCUT2D eigenvalue weighted by molar-refractivity contribution is 5.95. The number of esters is 1. The normalized spacial score (nSPS) is 10.9. The molecule has 1 aromatic rings. The van der Waals surface area contributed by atoms with Crippen LogP contribution in [0.2, 0.25) is 0 Å². The van der Waals surface area contributed by atoms with Crippen molar-refractivity contribution in [1.29, 1.82) is 0 Å². The molecule has 0 aliphatic heterocycles. The van der Waals surface area contributed by atoms with Crippen molar-refractivity contribution in [3.63, 3.8) is 0 Å². The molecule has 0 aliphatic carbocycles. The maximum absolute atomic E-state index is 12.2. The fraction of sp³-hybridized carbons (Fsp3) is 0.333. The summed E-state index contributed by atoms with van der Waals surface area (Å²) in [4.78, 5) is 22.6. The third kappa shape index (κ3) is 5.30. The average molecular weight is 306 g/mol. The highest BCUT2D eigenvalue weighted by atomic mass is 19.4. The van der Waals surface area contributed by atoms with Crippen LogP contribution >= 0.6 is 0 Å². The van der Waals surface area contributed by atoms with Crippen LogP contribution in [0.4, 0.5) is 18.9 Å². The summed E-state index contributed by atoms with van der Waals surface area (Å²) in [7, 11) is 1.13. The van der Waals surface area contributed by atoms with Gasteiger partial charge in [0.25, 0.3) is 0 Å². The van der Waals surface area contributed by atoms with Gasteiger partial charge in [-0.2, -0.15) is 13.2 Å². The van der Waals surface area contributed by atoms with Gasteiger partial charge in [-0.15, -0.1) is 0 Å². The molecule has 0 saturated carbocycles. The zero-order valence-corrected chi connectivity index (χ0v) is 11.0. The van der Waals surface area contributed by atoms with Crippen molar-refractivity contribution in [1.82, 2.24) is 0 Å². The van der Waals surface area contributed by atoms with Crippen molar-refractivity contribution in [2.75, 3.05) is 25.6 Å². The van der Waals surface area contributed by atoms with E-state index in [1.165, 1.54) is 12.1 Å². The summed E-state index contributed by atoms with van der Waals surface area (Å²) in [6, 6.07) is 3.55. The Morgan fingerprint density at radius 2 is 2.00 bits per heavy atom. The van der Waals surface area contributed by atoms with Crippen LogP contribution in [0.1, 0.15) is 10.4 Å². The largest absolute Gasteiger partial charge is 0.482 e. The number of nitrogens with two attached hydrogens (primary N) is 1. The molecule has 1 rings (SSSR count). The molecule has 0 radical (unpaired) electrons. The number of rotatable bonds is 5. The van der Waals surface area contributed by atoms with Gasteiger partial charge in [0.05, 0.1) is 24.9 Å². The van der Waals surface area contributed by atoms with Crippen molar-refractivity contribution < 1.29 is 32.2 Å². The molecule has 3 N–H and O–H groups in total. The Morgan fingerprint density at radius 1 is 1.33 bits per heavy atom. The summed E-state index contributed by atoms with van der Waals surface area (Å²) < 4.78 is 45.7. The number of amides is 1. The maximum atomic E-state index is 12.2. The van der Waals surface area contributed by atoms with E-state index in [9.17, 15) is 22.8 Å². The molecule has 0 spiro atoms. The Balaban J connectivity index is 3.05. The minimum atomic E-state index is -4.56. The number of hydrogen-bond acceptors (Lipinski definition) is 5. The molecule has 0 saturated heterocycles. The second kappa shape index (κ2) is 6.93. The van der Waals surface area contributed by atoms with E-state index in [-0.39, 0.29) is 23.5 Å². The highest BCUT2D eigenvalue weighted by Gasteiger charge is 2.29. The number of halogens is 3. The van der Waals surface area contributed by atoms with E-state index >= 15 is 0 Å². The summed E-state index contributed by atoms with van der Waals surface area (Å²) in [6.45, 7) is -1.92. The van der Waals surface area contributed by atoms with Gasteiger partial charge in [0.15, 0.2) is 6.61 Å². The number of ether oxygens (including phenoxy) is 2. The van der Waals surface area contributed by atoms with Crippen LogP contribution in [0.15, 0.2) is 18.2 Å². The fourth-order valence-corrected chi connectivity index (χ4v) is 1.35. The number of anilines is 1. The SMILES string of the molecule is COC(=O)c1ccc(NC(=O)CN)c(OCC(F)(F)F)c1. The van der Waals surface area contributed by atoms with Gasteiger partial charge in [-0.1, -0.05) is 0 Å². The van der Waals surface area contributed by atoms with E-state index in [1.807, 2.05) is 0 Å². The van der Waals surface area contributed by atoms with Crippen LogP contribution in [0.3, 0.4) is 0 Å². The van der Waals surface area contributed by atoms with Crippen molar-refractivity contribution in [2.45, 2.75) is 6.18 Å². The number of carbonyl (C=O) groups is 2. The van der Waals surface area contributed by atoms with E-state index in [2.05, 4.69) is 14.8 Å². The molecule has 0 atom stereocenters. The lowest BCUT2D eigenvalue weighted by molar-refractivity contribution is -0.153. The predicted molar refractivity (Wildman–Crippen MR) is 67.0 cm³/mol. The molecule has 0 aromatic heterocycles. The zero-order chi connectivity index (χ0) is 16.0. The molecular weight excluding hydrogens is 293 g/mol. The van der Waals surface area contributed by atoms with Gasteiger partial charge in [0.1, 0.15) is 5.75 Å². The van der Waals surface area contributed by atoms with Crippen LogP contribution in [0.25, 0.3) is 0 Å². The Bertz CT molecular complexity index is 532. The van der Waals surface area contributed by atoms with Crippen LogP contribution in [0.5, 0.6) is 5.75 Å². The number of alkyl halides is 3. The molecular formula is C12H13F3N2O4. The lowest BCUT2D eigenvalue weighted by atomic mass is 10.2. The second-order valence-electron chi connectivity index (χ2n) is 3.86. The van der Waals surface area contributed by atoms with Crippen LogP contribution in [-0.2, 0) is 9.53 Å². The van der Waals surface area contributed by atoms with Gasteiger partial charge in [0.2, 0.25) is 5.91 Å². The maximum Gasteiger partial charge on any atom is 0.422 e. The van der Waals surface area contributed by atoms with E-state index < -0.39 is 24.7 Å². The lowest BCUT2D eigenvalue weighted by Crippen LogP contribution is -2.23. The minimum Gasteiger partial charge on any atom is -0.482 e. The highest BCUT2D eigenvalue weighted by Crippen LogP contribution is 2.28. The number of nitrogens with one attached hydrogen (secondary N) is 1. The monoisotopic (exact) mass is 306 g/mol. The zero-order valence-electron chi connectivity index (χ0n) is 11.0. The van der Waals surface area contributed by atoms with E-state index in [1.54, 1.807) is 0 Å². The number of hydrogen-bond donors (Lipinski definition) is 2. The molecule has 21 heavy (non-hydrogen) atoms. The van der Waals surface area contributed by atoms with E-state index in [0.717, 1.165) is 13.2 Å². The summed E-state index contributed by atoms with van der Waals surface area (Å²) >= 11 is 0. The number of carbonyl (C=O) groups excluding carboxylic acids is 2. The van der Waals surface area contributed by atoms with Gasteiger partial charge in [-0.3, -0.25) is 4.79 Å². The molecule has 116 valence electrons. The Labute approximate surface area is 118 Å². The first-order chi connectivity index (χ1) is 9.76. The Hall–Kier alpha value is -2.29. The first kappa shape index (κ1) is 16.8. The van der Waals surface area contributed by atoms with Crippen molar-refractivity contribution in [3.8, 4) is 5.75 Å². The van der Waals surface area contributed by atoms with Gasteiger partial charge in [-0.25, -0.2) is 4.79 Å². The van der Waals surface area contributed by atoms with Gasteiger partial charge in [0, 0.05) is 0 Å². The molecule has 0 aliphatic rings. The van der Waals surface area contributed by atoms with E-state index in [0.29, 0.717) is 0 Å². The molecule has 0 unspecified atom stereocenters. The van der Waals surface area contributed by atoms with Crippen LogP contribution < -0.4 is 15.8 Å². The fourth-order valence-electron chi connectivity index (χ4n) is 1.35. The standard InChI is InChI=1S/C12H13F3N2O4/c1-20-11(19)7-2-3-8(17-10(18)5-16)9(4-7)21-6-12(13,14)15/h2-4H,5-6,16H2,1H3,(H,17,18). The van der Waals surface area contributed by atoms with Crippen molar-refractivity contribution >= 4 is 17.6 Å². The molecule has 1 aromatic carbocycles. The topological polar surface area (TPSA) is 90.7 Å². The van der Waals surface area contributed by atoms with E-state index in [4.69, 9.17) is 5.73 Å². The number of benzene rings is 1. The van der Waals surface area contributed by atoms with Crippen LogP contribution in [0, 0.1) is 0 Å². The third-order valence-electron chi connectivity index (χ3n) is 2.25. The predicted octanol–water partition coefficient (Wildman–Crippen LogP) is 1.31. The molecule has 1 amide bonds. The van der Waals surface area contributed by atoms with Crippen LogP contribution in [-0.4, -0.2) is 38.3 Å². The minimum absolute atomic E-state index is 0.0135. The summed E-state index contributed by atoms with van der Waals surface area (Å²) in [5.41, 5.74) is 5.07. The Morgan fingerprint density at radius 3 is 2.52 bits per heavy atom. The Kier molecular flexibility index (Phi) is 5.53. The van der Waals surface area contributed by atoms with Gasteiger partial charge in [-0.05, 0) is 18.2 Å². The summed E-state index contributed by atoms with van der Waals surface area (Å²) in [6.07, 6.45) is -4.56. The first-order valence-electron chi connectivity index (χ1n) is 5.68. The molecule has 0 heterocycles. The number of methoxy groups -OCH3 is 1. The van der Waals surface area contributed by atoms with Gasteiger partial charge >= 0.3 is 12.1 Å².